The van der Waals surface area contributed by atoms with E-state index in [2.05, 4.69) is 9.62 Å². The lowest BCUT2D eigenvalue weighted by Gasteiger charge is -2.45. The fourth-order valence-corrected chi connectivity index (χ4v) is 8.72. The Morgan fingerprint density at radius 1 is 1.02 bits per heavy atom. The number of methoxy groups -OCH3 is 1. The van der Waals surface area contributed by atoms with E-state index in [9.17, 15) is 13.2 Å². The van der Waals surface area contributed by atoms with Crippen LogP contribution in [0.5, 0.6) is 5.75 Å². The van der Waals surface area contributed by atoms with Gasteiger partial charge in [-0.1, -0.05) is 37.4 Å². The molecular weight excluding hydrogens is 572 g/mol. The number of amides is 1. The van der Waals surface area contributed by atoms with E-state index in [1.165, 1.54) is 18.4 Å². The van der Waals surface area contributed by atoms with Gasteiger partial charge in [0.15, 0.2) is 0 Å². The standard InChI is InChI=1S/C33H45ClN2O5S/c1-3-29-10-5-4-9-27(21-40-2)30-15-12-25(30)20-36-17-7-6-8-23-18-28(34)14-11-26(23)22-41-32-16-13-24(19-31(32)36)33(37)35-42(29,38)39/h11,13-14,16,18-19,25,27,29-30H,3-10,12,15,17,20-22H2,1-2H3,(H,35,37)/t25-,27+,29+,30+/m0/s1. The van der Waals surface area contributed by atoms with Gasteiger partial charge in [0.2, 0.25) is 10.0 Å². The maximum atomic E-state index is 13.4. The van der Waals surface area contributed by atoms with Gasteiger partial charge >= 0.3 is 0 Å². The average Bonchev–Trinajstić information content (AvgIpc) is 2.97. The van der Waals surface area contributed by atoms with Crippen LogP contribution in [0, 0.1) is 17.8 Å². The molecule has 2 aromatic rings. The van der Waals surface area contributed by atoms with Gasteiger partial charge in [0.05, 0.1) is 10.9 Å². The van der Waals surface area contributed by atoms with Crippen LogP contribution in [0.25, 0.3) is 0 Å². The van der Waals surface area contributed by atoms with Crippen molar-refractivity contribution in [2.45, 2.75) is 83.0 Å². The summed E-state index contributed by atoms with van der Waals surface area (Å²) in [5, 5.41) is 0.132. The van der Waals surface area contributed by atoms with Gasteiger partial charge in [0.25, 0.3) is 5.91 Å². The van der Waals surface area contributed by atoms with Gasteiger partial charge < -0.3 is 14.4 Å². The second-order valence-corrected chi connectivity index (χ2v) is 14.7. The van der Waals surface area contributed by atoms with Crippen molar-refractivity contribution in [2.75, 3.05) is 31.7 Å². The molecule has 1 amide bonds. The highest BCUT2D eigenvalue weighted by Crippen LogP contribution is 2.44. The zero-order chi connectivity index (χ0) is 29.7. The molecule has 0 spiro atoms. The molecule has 0 unspecified atom stereocenters. The average molecular weight is 617 g/mol. The Morgan fingerprint density at radius 3 is 2.62 bits per heavy atom. The fourth-order valence-electron chi connectivity index (χ4n) is 7.07. The third kappa shape index (κ3) is 7.25. The fraction of sp³-hybridized carbons (Fsp3) is 0.606. The Kier molecular flexibility index (Phi) is 10.4. The van der Waals surface area contributed by atoms with Gasteiger partial charge in [-0.2, -0.15) is 0 Å². The van der Waals surface area contributed by atoms with Crippen molar-refractivity contribution in [3.8, 4) is 5.75 Å². The van der Waals surface area contributed by atoms with E-state index >= 15 is 0 Å². The Balaban J connectivity index is 1.52. The van der Waals surface area contributed by atoms with Crippen molar-refractivity contribution in [3.63, 3.8) is 0 Å². The second-order valence-electron chi connectivity index (χ2n) is 12.3. The molecule has 0 aromatic heterocycles. The molecule has 4 atom stereocenters. The van der Waals surface area contributed by atoms with E-state index in [1.54, 1.807) is 13.2 Å². The van der Waals surface area contributed by atoms with Crippen molar-refractivity contribution < 1.29 is 22.7 Å². The minimum atomic E-state index is -3.81. The number of carbonyl (C=O) groups excluding carboxylic acids is 1. The molecule has 3 aliphatic rings. The summed E-state index contributed by atoms with van der Waals surface area (Å²) in [6.07, 6.45) is 9.11. The maximum absolute atomic E-state index is 13.4. The monoisotopic (exact) mass is 616 g/mol. The number of aryl methyl sites for hydroxylation is 1. The summed E-state index contributed by atoms with van der Waals surface area (Å²) in [4.78, 5) is 15.7. The summed E-state index contributed by atoms with van der Waals surface area (Å²) in [5.74, 6) is 1.69. The molecule has 0 radical (unpaired) electrons. The molecule has 2 aliphatic heterocycles. The number of anilines is 1. The van der Waals surface area contributed by atoms with Crippen LogP contribution in [-0.2, 0) is 27.8 Å². The summed E-state index contributed by atoms with van der Waals surface area (Å²) in [6.45, 7) is 4.71. The van der Waals surface area contributed by atoms with Crippen molar-refractivity contribution >= 4 is 33.2 Å². The number of halogens is 1. The van der Waals surface area contributed by atoms with Crippen LogP contribution in [0.1, 0.15) is 86.2 Å². The van der Waals surface area contributed by atoms with E-state index in [-0.39, 0.29) is 0 Å². The summed E-state index contributed by atoms with van der Waals surface area (Å²) in [5.41, 5.74) is 3.49. The van der Waals surface area contributed by atoms with Crippen LogP contribution >= 0.6 is 11.6 Å². The minimum absolute atomic E-state index is 0.331. The van der Waals surface area contributed by atoms with Crippen molar-refractivity contribution in [2.24, 2.45) is 17.8 Å². The molecule has 2 heterocycles. The summed E-state index contributed by atoms with van der Waals surface area (Å²) >= 11 is 6.33. The molecule has 1 fully saturated rings. The smallest absolute Gasteiger partial charge is 0.264 e. The Morgan fingerprint density at radius 2 is 1.86 bits per heavy atom. The third-order valence-electron chi connectivity index (χ3n) is 9.64. The SMILES string of the molecule is CC[C@@H]1CCCC[C@H](COC)[C@@H]2CC[C@H]2CN2CCCCc3cc(Cl)ccc3COc3ccc(cc32)C(=O)NS1(=O)=O. The van der Waals surface area contributed by atoms with Crippen LogP contribution in [0.4, 0.5) is 5.69 Å². The van der Waals surface area contributed by atoms with Crippen LogP contribution in [0.2, 0.25) is 5.02 Å². The predicted octanol–water partition coefficient (Wildman–Crippen LogP) is 6.76. The largest absolute Gasteiger partial charge is 0.487 e. The van der Waals surface area contributed by atoms with Gasteiger partial charge in [-0.25, -0.2) is 13.1 Å². The number of hydrogen-bond donors (Lipinski definition) is 1. The zero-order valence-corrected chi connectivity index (χ0v) is 26.5. The first-order valence-electron chi connectivity index (χ1n) is 15.6. The highest BCUT2D eigenvalue weighted by atomic mass is 35.5. The number of carbonyl (C=O) groups is 1. The van der Waals surface area contributed by atoms with E-state index < -0.39 is 21.2 Å². The van der Waals surface area contributed by atoms with Crippen LogP contribution in [-0.4, -0.2) is 46.4 Å². The normalized spacial score (nSPS) is 26.8. The first-order valence-corrected chi connectivity index (χ1v) is 17.6. The second kappa shape index (κ2) is 14.0. The first kappa shape index (κ1) is 31.1. The van der Waals surface area contributed by atoms with E-state index in [0.717, 1.165) is 74.5 Å². The van der Waals surface area contributed by atoms with E-state index in [4.69, 9.17) is 21.1 Å². The van der Waals surface area contributed by atoms with E-state index in [1.807, 2.05) is 37.3 Å². The molecule has 230 valence electrons. The Labute approximate surface area is 256 Å². The molecule has 9 heteroatoms. The van der Waals surface area contributed by atoms with Crippen LogP contribution in [0.3, 0.4) is 0 Å². The molecule has 0 saturated heterocycles. The van der Waals surface area contributed by atoms with Crippen molar-refractivity contribution in [1.29, 1.82) is 0 Å². The van der Waals surface area contributed by atoms with Gasteiger partial charge in [0, 0.05) is 37.4 Å². The first-order chi connectivity index (χ1) is 20.3. The highest BCUT2D eigenvalue weighted by Gasteiger charge is 2.38. The van der Waals surface area contributed by atoms with Gasteiger partial charge in [-0.15, -0.1) is 0 Å². The number of benzene rings is 2. The number of sulfonamides is 1. The van der Waals surface area contributed by atoms with Crippen molar-refractivity contribution in [3.05, 3.63) is 58.1 Å². The van der Waals surface area contributed by atoms with Gasteiger partial charge in [0.1, 0.15) is 12.4 Å². The van der Waals surface area contributed by atoms with Crippen molar-refractivity contribution in [1.82, 2.24) is 4.72 Å². The lowest BCUT2D eigenvalue weighted by atomic mass is 9.65. The molecule has 7 nitrogen and oxygen atoms in total. The van der Waals surface area contributed by atoms with Gasteiger partial charge in [-0.3, -0.25) is 4.79 Å². The molecule has 42 heavy (non-hydrogen) atoms. The molecule has 5 rings (SSSR count). The predicted molar refractivity (Wildman–Crippen MR) is 168 cm³/mol. The molecular formula is C33H45ClN2O5S. The maximum Gasteiger partial charge on any atom is 0.264 e. The number of fused-ring (bicyclic) bond motifs is 3. The lowest BCUT2D eigenvalue weighted by molar-refractivity contribution is 0.0392. The Hall–Kier alpha value is -2.29. The van der Waals surface area contributed by atoms with Gasteiger partial charge in [-0.05, 0) is 111 Å². The molecule has 1 aliphatic carbocycles. The zero-order valence-electron chi connectivity index (χ0n) is 24.9. The number of hydrogen-bond acceptors (Lipinski definition) is 6. The summed E-state index contributed by atoms with van der Waals surface area (Å²) < 4.78 is 41.1. The summed E-state index contributed by atoms with van der Waals surface area (Å²) in [7, 11) is -2.03. The topological polar surface area (TPSA) is 84.9 Å². The molecule has 1 N–H and O–H groups in total. The number of nitrogens with zero attached hydrogens (tertiary/aromatic N) is 1. The number of rotatable bonds is 3. The van der Waals surface area contributed by atoms with Crippen LogP contribution < -0.4 is 14.4 Å². The van der Waals surface area contributed by atoms with Crippen LogP contribution in [0.15, 0.2) is 36.4 Å². The number of nitrogens with one attached hydrogen (secondary N) is 1. The Bertz CT molecular complexity index is 1350. The minimum Gasteiger partial charge on any atom is -0.487 e. The highest BCUT2D eigenvalue weighted by molar-refractivity contribution is 7.90. The summed E-state index contributed by atoms with van der Waals surface area (Å²) in [6, 6.07) is 11.3. The molecule has 2 aromatic carbocycles. The lowest BCUT2D eigenvalue weighted by Crippen LogP contribution is -2.43. The molecule has 2 bridgehead atoms. The quantitative estimate of drug-likeness (QED) is 0.410. The number of ether oxygens (including phenoxy) is 2. The van der Waals surface area contributed by atoms with E-state index in [0.29, 0.717) is 48.5 Å². The third-order valence-corrected chi connectivity index (χ3v) is 11.8. The molecule has 1 saturated carbocycles.